The number of para-hydroxylation sites is 1. The molecule has 1 N–H and O–H groups in total. The van der Waals surface area contributed by atoms with E-state index < -0.39 is 0 Å². The SMILES string of the molecule is Cc1ccccc1-c1cc(C(=O)NCCCN(C)C)c2ccccc2n1. The van der Waals surface area contributed by atoms with Gasteiger partial charge >= 0.3 is 0 Å². The molecule has 4 heteroatoms. The highest BCUT2D eigenvalue weighted by Gasteiger charge is 2.14. The lowest BCUT2D eigenvalue weighted by Gasteiger charge is -2.13. The molecule has 3 aromatic rings. The fourth-order valence-electron chi connectivity index (χ4n) is 3.05. The Morgan fingerprint density at radius 2 is 1.81 bits per heavy atom. The second kappa shape index (κ2) is 8.11. The number of pyridine rings is 1. The van der Waals surface area contributed by atoms with Crippen LogP contribution in [0.4, 0.5) is 0 Å². The maximum absolute atomic E-state index is 12.8. The van der Waals surface area contributed by atoms with Gasteiger partial charge in [-0.15, -0.1) is 0 Å². The Morgan fingerprint density at radius 3 is 2.58 bits per heavy atom. The van der Waals surface area contributed by atoms with Crippen molar-refractivity contribution in [2.45, 2.75) is 13.3 Å². The third kappa shape index (κ3) is 4.09. The van der Waals surface area contributed by atoms with Gasteiger partial charge in [0.1, 0.15) is 0 Å². The van der Waals surface area contributed by atoms with Gasteiger partial charge in [-0.25, -0.2) is 4.98 Å². The molecule has 3 rings (SSSR count). The molecule has 2 aromatic carbocycles. The Hall–Kier alpha value is -2.72. The number of benzene rings is 2. The van der Waals surface area contributed by atoms with Gasteiger partial charge in [-0.05, 0) is 51.7 Å². The normalized spacial score (nSPS) is 11.1. The molecule has 0 spiro atoms. The van der Waals surface area contributed by atoms with Crippen LogP contribution in [-0.4, -0.2) is 43.0 Å². The van der Waals surface area contributed by atoms with Crippen molar-refractivity contribution in [2.75, 3.05) is 27.2 Å². The Balaban J connectivity index is 1.96. The number of hydrogen-bond donors (Lipinski definition) is 1. The highest BCUT2D eigenvalue weighted by Crippen LogP contribution is 2.26. The summed E-state index contributed by atoms with van der Waals surface area (Å²) in [6.07, 6.45) is 0.923. The van der Waals surface area contributed by atoms with E-state index in [1.54, 1.807) is 0 Å². The summed E-state index contributed by atoms with van der Waals surface area (Å²) < 4.78 is 0. The van der Waals surface area contributed by atoms with E-state index in [0.717, 1.165) is 40.7 Å². The first-order valence-electron chi connectivity index (χ1n) is 8.95. The van der Waals surface area contributed by atoms with Crippen molar-refractivity contribution >= 4 is 16.8 Å². The predicted molar refractivity (Wildman–Crippen MR) is 107 cm³/mol. The van der Waals surface area contributed by atoms with Gasteiger partial charge in [0.25, 0.3) is 5.91 Å². The van der Waals surface area contributed by atoms with Crippen molar-refractivity contribution in [3.63, 3.8) is 0 Å². The Morgan fingerprint density at radius 1 is 1.08 bits per heavy atom. The average molecular weight is 347 g/mol. The summed E-state index contributed by atoms with van der Waals surface area (Å²) in [6.45, 7) is 3.67. The summed E-state index contributed by atoms with van der Waals surface area (Å²) in [6, 6.07) is 17.8. The fourth-order valence-corrected chi connectivity index (χ4v) is 3.05. The lowest BCUT2D eigenvalue weighted by Crippen LogP contribution is -2.27. The largest absolute Gasteiger partial charge is 0.352 e. The summed E-state index contributed by atoms with van der Waals surface area (Å²) in [4.78, 5) is 19.7. The van der Waals surface area contributed by atoms with E-state index in [4.69, 9.17) is 4.98 Å². The number of fused-ring (bicyclic) bond motifs is 1. The minimum atomic E-state index is -0.0443. The Labute approximate surface area is 154 Å². The van der Waals surface area contributed by atoms with E-state index in [9.17, 15) is 4.79 Å². The summed E-state index contributed by atoms with van der Waals surface area (Å²) in [7, 11) is 4.07. The zero-order valence-corrected chi connectivity index (χ0v) is 15.6. The van der Waals surface area contributed by atoms with Crippen LogP contribution in [0.15, 0.2) is 54.6 Å². The second-order valence-electron chi connectivity index (χ2n) is 6.80. The van der Waals surface area contributed by atoms with Crippen LogP contribution in [0.2, 0.25) is 0 Å². The van der Waals surface area contributed by atoms with Crippen LogP contribution in [0.3, 0.4) is 0 Å². The summed E-state index contributed by atoms with van der Waals surface area (Å²) >= 11 is 0. The number of rotatable bonds is 6. The van der Waals surface area contributed by atoms with Crippen LogP contribution in [0, 0.1) is 6.92 Å². The molecule has 0 atom stereocenters. The number of hydrogen-bond acceptors (Lipinski definition) is 3. The molecular weight excluding hydrogens is 322 g/mol. The van der Waals surface area contributed by atoms with E-state index in [2.05, 4.69) is 23.2 Å². The van der Waals surface area contributed by atoms with Crippen LogP contribution in [-0.2, 0) is 0 Å². The molecule has 0 aliphatic rings. The van der Waals surface area contributed by atoms with E-state index >= 15 is 0 Å². The summed E-state index contributed by atoms with van der Waals surface area (Å²) in [5.41, 5.74) is 4.55. The van der Waals surface area contributed by atoms with Crippen LogP contribution in [0.5, 0.6) is 0 Å². The number of carbonyl (C=O) groups is 1. The number of amides is 1. The van der Waals surface area contributed by atoms with Gasteiger partial charge in [0.05, 0.1) is 16.8 Å². The molecule has 0 saturated carbocycles. The topological polar surface area (TPSA) is 45.2 Å². The number of nitrogens with one attached hydrogen (secondary N) is 1. The molecule has 1 aromatic heterocycles. The standard InChI is InChI=1S/C22H25N3O/c1-16-9-4-5-10-17(16)21-15-19(18-11-6-7-12-20(18)24-21)22(26)23-13-8-14-25(2)3/h4-7,9-12,15H,8,13-14H2,1-3H3,(H,23,26). The Kier molecular flexibility index (Phi) is 5.64. The molecule has 1 amide bonds. The molecule has 4 nitrogen and oxygen atoms in total. The van der Waals surface area contributed by atoms with Gasteiger partial charge in [0.15, 0.2) is 0 Å². The highest BCUT2D eigenvalue weighted by atomic mass is 16.1. The van der Waals surface area contributed by atoms with Gasteiger partial charge in [0, 0.05) is 17.5 Å². The van der Waals surface area contributed by atoms with Crippen molar-refractivity contribution in [1.82, 2.24) is 15.2 Å². The molecule has 1 heterocycles. The summed E-state index contributed by atoms with van der Waals surface area (Å²) in [5, 5.41) is 3.93. The van der Waals surface area contributed by atoms with Gasteiger partial charge in [-0.3, -0.25) is 4.79 Å². The van der Waals surface area contributed by atoms with Crippen molar-refractivity contribution in [3.8, 4) is 11.3 Å². The van der Waals surface area contributed by atoms with Crippen molar-refractivity contribution in [1.29, 1.82) is 0 Å². The minimum Gasteiger partial charge on any atom is -0.352 e. The summed E-state index contributed by atoms with van der Waals surface area (Å²) in [5.74, 6) is -0.0443. The van der Waals surface area contributed by atoms with Crippen molar-refractivity contribution in [2.24, 2.45) is 0 Å². The average Bonchev–Trinajstić information content (AvgIpc) is 2.64. The number of carbonyl (C=O) groups excluding carboxylic acids is 1. The van der Waals surface area contributed by atoms with Gasteiger partial charge in [0.2, 0.25) is 0 Å². The number of aryl methyl sites for hydroxylation is 1. The molecule has 0 unspecified atom stereocenters. The molecule has 134 valence electrons. The first kappa shape index (κ1) is 18.1. The number of aromatic nitrogens is 1. The van der Waals surface area contributed by atoms with Crippen LogP contribution in [0.1, 0.15) is 22.3 Å². The second-order valence-corrected chi connectivity index (χ2v) is 6.80. The van der Waals surface area contributed by atoms with E-state index in [0.29, 0.717) is 12.1 Å². The quantitative estimate of drug-likeness (QED) is 0.688. The highest BCUT2D eigenvalue weighted by molar-refractivity contribution is 6.07. The number of nitrogens with zero attached hydrogens (tertiary/aromatic N) is 2. The first-order chi connectivity index (χ1) is 12.6. The lowest BCUT2D eigenvalue weighted by molar-refractivity contribution is 0.0954. The third-order valence-electron chi connectivity index (χ3n) is 4.45. The molecule has 0 aliphatic carbocycles. The van der Waals surface area contributed by atoms with E-state index in [-0.39, 0.29) is 5.91 Å². The van der Waals surface area contributed by atoms with Crippen LogP contribution in [0.25, 0.3) is 22.2 Å². The van der Waals surface area contributed by atoms with E-state index in [1.165, 1.54) is 0 Å². The lowest BCUT2D eigenvalue weighted by atomic mass is 10.0. The molecule has 0 aliphatic heterocycles. The van der Waals surface area contributed by atoms with Gasteiger partial charge in [-0.2, -0.15) is 0 Å². The zero-order valence-electron chi connectivity index (χ0n) is 15.6. The molecule has 0 saturated heterocycles. The molecule has 0 radical (unpaired) electrons. The predicted octanol–water partition coefficient (Wildman–Crippen LogP) is 3.89. The van der Waals surface area contributed by atoms with Crippen LogP contribution < -0.4 is 5.32 Å². The molecule has 26 heavy (non-hydrogen) atoms. The smallest absolute Gasteiger partial charge is 0.252 e. The first-order valence-corrected chi connectivity index (χ1v) is 8.95. The van der Waals surface area contributed by atoms with Gasteiger partial charge in [-0.1, -0.05) is 42.5 Å². The maximum atomic E-state index is 12.8. The molecule has 0 bridgehead atoms. The third-order valence-corrected chi connectivity index (χ3v) is 4.45. The maximum Gasteiger partial charge on any atom is 0.252 e. The fraction of sp³-hybridized carbons (Fsp3) is 0.273. The zero-order chi connectivity index (χ0) is 18.5. The molecule has 0 fully saturated rings. The monoisotopic (exact) mass is 347 g/mol. The Bertz CT molecular complexity index is 918. The minimum absolute atomic E-state index is 0.0443. The van der Waals surface area contributed by atoms with Crippen LogP contribution >= 0.6 is 0 Å². The van der Waals surface area contributed by atoms with Crippen molar-refractivity contribution < 1.29 is 4.79 Å². The molecular formula is C22H25N3O. The van der Waals surface area contributed by atoms with Gasteiger partial charge < -0.3 is 10.2 Å². The van der Waals surface area contributed by atoms with Crippen molar-refractivity contribution in [3.05, 3.63) is 65.7 Å². The van der Waals surface area contributed by atoms with E-state index in [1.807, 2.05) is 62.6 Å².